The molecular formula is C30H31Cl3F3N3O4S. The molecule has 1 N–H and O–H groups in total. The van der Waals surface area contributed by atoms with Gasteiger partial charge in [-0.2, -0.15) is 13.2 Å². The normalized spacial score (nSPS) is 13.2. The Labute approximate surface area is 269 Å². The fraction of sp³-hybridized carbons (Fsp3) is 0.333. The van der Waals surface area contributed by atoms with Gasteiger partial charge in [0.1, 0.15) is 12.6 Å². The van der Waals surface area contributed by atoms with E-state index in [-0.39, 0.29) is 27.5 Å². The van der Waals surface area contributed by atoms with Crippen molar-refractivity contribution in [2.45, 2.75) is 63.8 Å². The fourth-order valence-corrected chi connectivity index (χ4v) is 6.30. The van der Waals surface area contributed by atoms with E-state index >= 15 is 0 Å². The lowest BCUT2D eigenvalue weighted by atomic mass is 10.1. The lowest BCUT2D eigenvalue weighted by molar-refractivity contribution is -0.139. The zero-order valence-corrected chi connectivity index (χ0v) is 27.3. The number of aryl methyl sites for hydroxylation is 1. The molecular weight excluding hydrogens is 662 g/mol. The first-order chi connectivity index (χ1) is 20.5. The van der Waals surface area contributed by atoms with E-state index in [1.165, 1.54) is 43.3 Å². The third-order valence-corrected chi connectivity index (χ3v) is 9.82. The van der Waals surface area contributed by atoms with Crippen LogP contribution in [-0.2, 0) is 32.3 Å². The Bertz CT molecular complexity index is 1600. The third-order valence-electron chi connectivity index (χ3n) is 6.99. The maximum absolute atomic E-state index is 14.0. The molecule has 0 aliphatic carbocycles. The van der Waals surface area contributed by atoms with Gasteiger partial charge in [0.15, 0.2) is 0 Å². The molecule has 0 aliphatic heterocycles. The van der Waals surface area contributed by atoms with Crippen molar-refractivity contribution in [3.05, 3.63) is 92.4 Å². The van der Waals surface area contributed by atoms with E-state index in [0.29, 0.717) is 22.4 Å². The van der Waals surface area contributed by atoms with Crippen molar-refractivity contribution >= 4 is 62.3 Å². The Kier molecular flexibility index (Phi) is 11.6. The minimum atomic E-state index is -4.91. The van der Waals surface area contributed by atoms with Gasteiger partial charge in [0.2, 0.25) is 11.8 Å². The van der Waals surface area contributed by atoms with Gasteiger partial charge in [-0.15, -0.1) is 0 Å². The number of rotatable bonds is 11. The lowest BCUT2D eigenvalue weighted by Crippen LogP contribution is -2.52. The molecule has 238 valence electrons. The Hall–Kier alpha value is -2.99. The summed E-state index contributed by atoms with van der Waals surface area (Å²) in [4.78, 5) is 28.0. The number of halogens is 6. The van der Waals surface area contributed by atoms with Gasteiger partial charge < -0.3 is 10.2 Å². The smallest absolute Gasteiger partial charge is 0.352 e. The van der Waals surface area contributed by atoms with Crippen LogP contribution in [0.5, 0.6) is 0 Å². The quantitative estimate of drug-likeness (QED) is 0.226. The number of hydrogen-bond donors (Lipinski definition) is 1. The number of alkyl halides is 3. The summed E-state index contributed by atoms with van der Waals surface area (Å²) in [6.07, 6.45) is -4.31. The van der Waals surface area contributed by atoms with Crippen LogP contribution in [0.2, 0.25) is 15.1 Å². The Morgan fingerprint density at radius 1 is 0.932 bits per heavy atom. The average Bonchev–Trinajstić information content (AvgIpc) is 2.95. The van der Waals surface area contributed by atoms with Crippen LogP contribution in [0.1, 0.15) is 43.9 Å². The highest BCUT2D eigenvalue weighted by Gasteiger charge is 2.37. The van der Waals surface area contributed by atoms with Gasteiger partial charge in [-0.25, -0.2) is 8.42 Å². The van der Waals surface area contributed by atoms with E-state index in [1.54, 1.807) is 19.9 Å². The number of nitrogens with zero attached hydrogens (tertiary/aromatic N) is 2. The molecule has 7 nitrogen and oxygen atoms in total. The SMILES string of the molecule is CC[C@@H](C)NC(=O)[C@H](C)N(Cc1c(Cl)cccc1Cl)C(=O)CN(c1ccc(Cl)c(C(F)(F)F)c1)S(=O)(=O)c1ccc(C)cc1. The number of hydrogen-bond acceptors (Lipinski definition) is 4. The Balaban J connectivity index is 2.16. The van der Waals surface area contributed by atoms with Crippen LogP contribution >= 0.6 is 34.8 Å². The molecule has 0 aromatic heterocycles. The van der Waals surface area contributed by atoms with Crippen LogP contribution in [0.3, 0.4) is 0 Å². The van der Waals surface area contributed by atoms with Crippen molar-refractivity contribution in [1.29, 1.82) is 0 Å². The number of benzene rings is 3. The van der Waals surface area contributed by atoms with E-state index in [1.807, 2.05) is 6.92 Å². The molecule has 3 aromatic carbocycles. The fourth-order valence-electron chi connectivity index (χ4n) is 4.15. The summed E-state index contributed by atoms with van der Waals surface area (Å²) >= 11 is 18.5. The highest BCUT2D eigenvalue weighted by atomic mass is 35.5. The number of carbonyl (C=O) groups is 2. The van der Waals surface area contributed by atoms with Crippen LogP contribution in [0.15, 0.2) is 65.6 Å². The van der Waals surface area contributed by atoms with Crippen molar-refractivity contribution < 1.29 is 31.2 Å². The van der Waals surface area contributed by atoms with E-state index in [0.717, 1.165) is 22.6 Å². The monoisotopic (exact) mass is 691 g/mol. The topological polar surface area (TPSA) is 86.8 Å². The highest BCUT2D eigenvalue weighted by molar-refractivity contribution is 7.92. The Morgan fingerprint density at radius 3 is 2.07 bits per heavy atom. The molecule has 0 spiro atoms. The third kappa shape index (κ3) is 8.38. The maximum Gasteiger partial charge on any atom is 0.417 e. The molecule has 0 radical (unpaired) electrons. The molecule has 0 saturated carbocycles. The maximum atomic E-state index is 14.0. The summed E-state index contributed by atoms with van der Waals surface area (Å²) in [7, 11) is -4.61. The van der Waals surface area contributed by atoms with E-state index < -0.39 is 56.9 Å². The van der Waals surface area contributed by atoms with Gasteiger partial charge in [-0.05, 0) is 69.7 Å². The number of anilines is 1. The second kappa shape index (κ2) is 14.4. The van der Waals surface area contributed by atoms with Crippen molar-refractivity contribution in [3.63, 3.8) is 0 Å². The van der Waals surface area contributed by atoms with Crippen LogP contribution in [-0.4, -0.2) is 43.8 Å². The van der Waals surface area contributed by atoms with Crippen molar-refractivity contribution in [3.8, 4) is 0 Å². The number of nitrogens with one attached hydrogen (secondary N) is 1. The molecule has 0 fully saturated rings. The van der Waals surface area contributed by atoms with Gasteiger partial charge >= 0.3 is 6.18 Å². The summed E-state index contributed by atoms with van der Waals surface area (Å²) in [5, 5.41) is 2.53. The molecule has 0 unspecified atom stereocenters. The summed E-state index contributed by atoms with van der Waals surface area (Å²) < 4.78 is 69.8. The Morgan fingerprint density at radius 2 is 1.52 bits per heavy atom. The van der Waals surface area contributed by atoms with Crippen molar-refractivity contribution in [1.82, 2.24) is 10.2 Å². The molecule has 44 heavy (non-hydrogen) atoms. The van der Waals surface area contributed by atoms with Gasteiger partial charge in [-0.3, -0.25) is 13.9 Å². The van der Waals surface area contributed by atoms with E-state index in [9.17, 15) is 31.2 Å². The number of sulfonamides is 1. The zero-order chi connectivity index (χ0) is 33.0. The zero-order valence-electron chi connectivity index (χ0n) is 24.3. The number of amides is 2. The first-order valence-electron chi connectivity index (χ1n) is 13.5. The molecule has 0 heterocycles. The standard InChI is InChI=1S/C30H31Cl3F3N3O4S/c1-5-19(3)37-29(41)20(4)38(16-23-25(31)7-6-8-26(23)32)28(40)17-39(44(42,43)22-12-9-18(2)10-13-22)21-11-14-27(33)24(15-21)30(34,35)36/h6-15,19-20H,5,16-17H2,1-4H3,(H,37,41)/t19-,20+/m1/s1. The first kappa shape index (κ1) is 35.5. The predicted molar refractivity (Wildman–Crippen MR) is 167 cm³/mol. The van der Waals surface area contributed by atoms with Crippen LogP contribution in [0.25, 0.3) is 0 Å². The molecule has 0 aliphatic rings. The van der Waals surface area contributed by atoms with Crippen molar-refractivity contribution in [2.75, 3.05) is 10.8 Å². The molecule has 0 bridgehead atoms. The van der Waals surface area contributed by atoms with E-state index in [4.69, 9.17) is 34.8 Å². The summed E-state index contributed by atoms with van der Waals surface area (Å²) in [5.74, 6) is -1.43. The van der Waals surface area contributed by atoms with Gasteiger partial charge in [0.05, 0.1) is 21.2 Å². The number of carbonyl (C=O) groups excluding carboxylic acids is 2. The van der Waals surface area contributed by atoms with Gasteiger partial charge in [0, 0.05) is 28.2 Å². The van der Waals surface area contributed by atoms with Crippen LogP contribution in [0, 0.1) is 6.92 Å². The largest absolute Gasteiger partial charge is 0.417 e. The molecule has 2 atom stereocenters. The minimum absolute atomic E-state index is 0.196. The average molecular weight is 693 g/mol. The highest BCUT2D eigenvalue weighted by Crippen LogP contribution is 2.38. The summed E-state index contributed by atoms with van der Waals surface area (Å²) in [5.41, 5.74) is -0.704. The summed E-state index contributed by atoms with van der Waals surface area (Å²) in [6.45, 7) is 5.56. The second-order valence-corrected chi connectivity index (χ2v) is 13.3. The van der Waals surface area contributed by atoms with Gasteiger partial charge in [0.25, 0.3) is 10.0 Å². The van der Waals surface area contributed by atoms with E-state index in [2.05, 4.69) is 5.32 Å². The molecule has 3 aromatic rings. The molecule has 0 saturated heterocycles. The first-order valence-corrected chi connectivity index (χ1v) is 16.0. The predicted octanol–water partition coefficient (Wildman–Crippen LogP) is 7.50. The molecule has 3 rings (SSSR count). The molecule has 2 amide bonds. The minimum Gasteiger partial charge on any atom is -0.352 e. The van der Waals surface area contributed by atoms with Gasteiger partial charge in [-0.1, -0.05) is 65.5 Å². The molecule has 14 heteroatoms. The van der Waals surface area contributed by atoms with Crippen molar-refractivity contribution in [2.24, 2.45) is 0 Å². The second-order valence-electron chi connectivity index (χ2n) is 10.2. The lowest BCUT2D eigenvalue weighted by Gasteiger charge is -2.33. The summed E-state index contributed by atoms with van der Waals surface area (Å²) in [6, 6.07) is 11.4. The van der Waals surface area contributed by atoms with Crippen LogP contribution < -0.4 is 9.62 Å². The van der Waals surface area contributed by atoms with Crippen LogP contribution in [0.4, 0.5) is 18.9 Å².